The molecule has 1 aromatic rings. The highest BCUT2D eigenvalue weighted by Gasteiger charge is 2.97. The van der Waals surface area contributed by atoms with Gasteiger partial charge in [0.15, 0.2) is 12.3 Å². The first-order valence-electron chi connectivity index (χ1n) is 7.71. The van der Waals surface area contributed by atoms with Crippen LogP contribution < -0.4 is 11.4 Å². The van der Waals surface area contributed by atoms with Crippen LogP contribution in [0.1, 0.15) is 13.2 Å². The summed E-state index contributed by atoms with van der Waals surface area (Å²) < 4.78 is 80.2. The summed E-state index contributed by atoms with van der Waals surface area (Å²) >= 11 is 0. The third kappa shape index (κ3) is 4.04. The van der Waals surface area contributed by atoms with Crippen LogP contribution in [0.3, 0.4) is 0 Å². The summed E-state index contributed by atoms with van der Waals surface area (Å²) in [6.07, 6.45) is -3.89. The van der Waals surface area contributed by atoms with E-state index in [1.165, 1.54) is 0 Å². The maximum Gasteiger partial charge on any atom is 0.490 e. The van der Waals surface area contributed by atoms with Crippen LogP contribution in [0.4, 0.5) is 14.6 Å². The topological polar surface area (TPSA) is 250 Å². The van der Waals surface area contributed by atoms with E-state index in [1.54, 1.807) is 0 Å². The highest BCUT2D eigenvalue weighted by atomic mass is 31.3. The molecule has 176 valence electrons. The van der Waals surface area contributed by atoms with Crippen molar-refractivity contribution < 1.29 is 65.0 Å². The molecule has 0 amide bonds. The number of hydrogen-bond acceptors (Lipinski definition) is 11. The molecule has 31 heavy (non-hydrogen) atoms. The number of rotatable bonds is 7. The Labute approximate surface area is 169 Å². The van der Waals surface area contributed by atoms with Crippen molar-refractivity contribution in [2.75, 3.05) is 5.73 Å². The molecular formula is C10H14F2N3O13P3. The van der Waals surface area contributed by atoms with E-state index < -0.39 is 58.6 Å². The summed E-state index contributed by atoms with van der Waals surface area (Å²) in [6, 6.07) is 1.05. The molecule has 3 rings (SSSR count). The number of aromatic nitrogens is 2. The molecule has 2 fully saturated rings. The summed E-state index contributed by atoms with van der Waals surface area (Å²) in [5.41, 5.74) is -2.43. The second kappa shape index (κ2) is 6.93. The van der Waals surface area contributed by atoms with Crippen molar-refractivity contribution >= 4 is 29.3 Å². The molecule has 16 nitrogen and oxygen atoms in total. The van der Waals surface area contributed by atoms with E-state index in [9.17, 15) is 32.9 Å². The quantitative estimate of drug-likeness (QED) is 0.243. The van der Waals surface area contributed by atoms with Crippen LogP contribution in [-0.2, 0) is 31.6 Å². The second-order valence-electron chi connectivity index (χ2n) is 6.59. The van der Waals surface area contributed by atoms with Crippen LogP contribution in [0, 0.1) is 0 Å². The largest absolute Gasteiger partial charge is 0.490 e. The van der Waals surface area contributed by atoms with E-state index in [-0.39, 0.29) is 5.82 Å². The molecule has 1 aliphatic heterocycles. The van der Waals surface area contributed by atoms with Crippen molar-refractivity contribution in [2.24, 2.45) is 0 Å². The molecular weight excluding hydrogens is 501 g/mol. The van der Waals surface area contributed by atoms with Gasteiger partial charge in [-0.2, -0.15) is 13.6 Å². The molecule has 0 bridgehead atoms. The van der Waals surface area contributed by atoms with Crippen LogP contribution in [0.15, 0.2) is 17.1 Å². The fraction of sp³-hybridized carbons (Fsp3) is 0.600. The lowest BCUT2D eigenvalue weighted by molar-refractivity contribution is -0.178. The fourth-order valence-corrected chi connectivity index (χ4v) is 6.28. The lowest BCUT2D eigenvalue weighted by atomic mass is 9.96. The number of fused-ring (bicyclic) bond motifs is 1. The molecule has 0 aromatic carbocycles. The summed E-state index contributed by atoms with van der Waals surface area (Å²) in [5.74, 6) is -3.91. The smallest absolute Gasteiger partial charge is 0.383 e. The van der Waals surface area contributed by atoms with E-state index >= 15 is 4.39 Å². The normalized spacial score (nSPS) is 38.8. The molecule has 1 aliphatic carbocycles. The van der Waals surface area contributed by atoms with Crippen LogP contribution in [-0.4, -0.2) is 57.5 Å². The molecule has 0 radical (unpaired) electrons. The lowest BCUT2D eigenvalue weighted by Gasteiger charge is -2.31. The van der Waals surface area contributed by atoms with Crippen molar-refractivity contribution in [3.05, 3.63) is 22.7 Å². The molecule has 2 heterocycles. The van der Waals surface area contributed by atoms with E-state index in [0.717, 1.165) is 12.3 Å². The Balaban J connectivity index is 1.83. The summed E-state index contributed by atoms with van der Waals surface area (Å²) in [6.45, 7) is 0.655. The number of anilines is 1. The first-order chi connectivity index (χ1) is 13.8. The monoisotopic (exact) mass is 515 g/mol. The van der Waals surface area contributed by atoms with Gasteiger partial charge in [-0.3, -0.25) is 9.09 Å². The standard InChI is InChI=1S/C10H14F2N3O13P3/c1-8(17)6(15-3-2-4(13)14-7(15)16)25-10(12)5(9(8,10)11)26-30(21,22)28-31(23,24)27-29(18,19)20/h2-3,5-6,17H,1H3,(H,21,22)(H,23,24)(H2,13,14,16)(H2,18,19,20)/t5?,6-,8+,9+,10-/m1/s1. The average molecular weight is 515 g/mol. The number of nitrogens with zero attached hydrogens (tertiary/aromatic N) is 2. The molecule has 1 saturated heterocycles. The van der Waals surface area contributed by atoms with E-state index in [2.05, 4.69) is 18.1 Å². The minimum atomic E-state index is -5.96. The predicted octanol–water partition coefficient (Wildman–Crippen LogP) is -0.795. The zero-order chi connectivity index (χ0) is 23.8. The van der Waals surface area contributed by atoms with Gasteiger partial charge in [-0.05, 0) is 13.0 Å². The molecule has 0 spiro atoms. The SMILES string of the molecule is C[C@]1(O)[C@H](n2ccc(N)nc2=O)O[C@]2(F)C(OP(=O)(O)OP(=O)(O)OP(=O)(O)O)[C@]12F. The Morgan fingerprint density at radius 2 is 1.77 bits per heavy atom. The second-order valence-corrected chi connectivity index (χ2v) is 11.0. The number of alkyl halides is 2. The van der Waals surface area contributed by atoms with Crippen molar-refractivity contribution in [2.45, 2.75) is 36.4 Å². The zero-order valence-corrected chi connectivity index (χ0v) is 17.6. The summed E-state index contributed by atoms with van der Waals surface area (Å²) in [4.78, 5) is 50.6. The highest BCUT2D eigenvalue weighted by Crippen LogP contribution is 2.75. The van der Waals surface area contributed by atoms with Crippen LogP contribution in [0.5, 0.6) is 0 Å². The van der Waals surface area contributed by atoms with Crippen LogP contribution in [0.25, 0.3) is 0 Å². The Bertz CT molecular complexity index is 1120. The molecule has 1 aromatic heterocycles. The van der Waals surface area contributed by atoms with Crippen molar-refractivity contribution in [3.8, 4) is 0 Å². The lowest BCUT2D eigenvalue weighted by Crippen LogP contribution is -2.48. The number of aliphatic hydroxyl groups is 1. The van der Waals surface area contributed by atoms with E-state index in [1.807, 2.05) is 0 Å². The predicted molar refractivity (Wildman–Crippen MR) is 90.1 cm³/mol. The molecule has 1 saturated carbocycles. The molecule has 2 aliphatic rings. The first kappa shape index (κ1) is 24.5. The Morgan fingerprint density at radius 3 is 2.23 bits per heavy atom. The van der Waals surface area contributed by atoms with Gasteiger partial charge in [0.25, 0.3) is 5.85 Å². The number of ether oxygens (including phenoxy) is 1. The summed E-state index contributed by atoms with van der Waals surface area (Å²) in [7, 11) is -17.6. The molecule has 3 unspecified atom stereocenters. The van der Waals surface area contributed by atoms with Gasteiger partial charge in [0.1, 0.15) is 11.4 Å². The van der Waals surface area contributed by atoms with Gasteiger partial charge in [-0.15, -0.1) is 0 Å². The Morgan fingerprint density at radius 1 is 1.19 bits per heavy atom. The van der Waals surface area contributed by atoms with Gasteiger partial charge in [0.2, 0.25) is 5.67 Å². The molecule has 7 N–H and O–H groups in total. The van der Waals surface area contributed by atoms with Crippen molar-refractivity contribution in [1.82, 2.24) is 9.55 Å². The number of halogens is 2. The van der Waals surface area contributed by atoms with E-state index in [0.29, 0.717) is 11.5 Å². The zero-order valence-electron chi connectivity index (χ0n) is 14.9. The van der Waals surface area contributed by atoms with Crippen molar-refractivity contribution in [3.63, 3.8) is 0 Å². The van der Waals surface area contributed by atoms with Gasteiger partial charge in [0.05, 0.1) is 0 Å². The summed E-state index contributed by atoms with van der Waals surface area (Å²) in [5, 5.41) is 10.5. The Kier molecular flexibility index (Phi) is 5.48. The Hall–Kier alpha value is -1.13. The number of nitrogens with two attached hydrogens (primary N) is 1. The average Bonchev–Trinajstić information content (AvgIpc) is 2.91. The van der Waals surface area contributed by atoms with Crippen LogP contribution in [0.2, 0.25) is 0 Å². The van der Waals surface area contributed by atoms with Gasteiger partial charge >= 0.3 is 29.2 Å². The molecule has 7 atom stereocenters. The van der Waals surface area contributed by atoms with Gasteiger partial charge in [-0.25, -0.2) is 27.3 Å². The number of nitrogen functional groups attached to an aromatic ring is 1. The first-order valence-corrected chi connectivity index (χ1v) is 12.2. The fourth-order valence-electron chi connectivity index (χ4n) is 3.07. The van der Waals surface area contributed by atoms with Crippen LogP contribution >= 0.6 is 23.5 Å². The third-order valence-electron chi connectivity index (χ3n) is 4.37. The minimum absolute atomic E-state index is 0.250. The third-order valence-corrected chi connectivity index (χ3v) is 8.18. The van der Waals surface area contributed by atoms with Crippen molar-refractivity contribution in [1.29, 1.82) is 0 Å². The maximum absolute atomic E-state index is 15.3. The maximum atomic E-state index is 15.3. The number of phosphoric ester groups is 1. The molecule has 21 heteroatoms. The van der Waals surface area contributed by atoms with E-state index in [4.69, 9.17) is 25.2 Å². The van der Waals surface area contributed by atoms with Gasteiger partial charge in [-0.1, -0.05) is 0 Å². The minimum Gasteiger partial charge on any atom is -0.383 e. The van der Waals surface area contributed by atoms with Gasteiger partial charge in [0, 0.05) is 6.20 Å². The van der Waals surface area contributed by atoms with Gasteiger partial charge < -0.3 is 35.2 Å². The highest BCUT2D eigenvalue weighted by molar-refractivity contribution is 7.66. The number of hydrogen-bond donors (Lipinski definition) is 6. The number of phosphoric acid groups is 3.